The molecule has 0 bridgehead atoms. The minimum Gasteiger partial charge on any atom is -0.539 e. The summed E-state index contributed by atoms with van der Waals surface area (Å²) >= 11 is 6.84. The van der Waals surface area contributed by atoms with Crippen LogP contribution in [-0.2, 0) is 0 Å². The van der Waals surface area contributed by atoms with Gasteiger partial charge >= 0.3 is 5.69 Å². The van der Waals surface area contributed by atoms with Gasteiger partial charge in [-0.25, -0.2) is 0 Å². The topological polar surface area (TPSA) is 73.3 Å². The smallest absolute Gasteiger partial charge is 0.307 e. The van der Waals surface area contributed by atoms with Crippen LogP contribution in [0.3, 0.4) is 0 Å². The number of ketones is 1. The minimum absolute atomic E-state index is 0.0776. The number of hydrogen-bond donors (Lipinski definition) is 0. The molecule has 0 radical (unpaired) electrons. The quantitative estimate of drug-likeness (QED) is 0.450. The maximum absolute atomic E-state index is 12.7. The van der Waals surface area contributed by atoms with Crippen LogP contribution in [0.5, 0.6) is 5.95 Å². The molecule has 1 aliphatic heterocycles. The molecule has 0 aliphatic carbocycles. The number of carbonyl (C=O) groups is 1. The predicted molar refractivity (Wildman–Crippen MR) is 101 cm³/mol. The highest BCUT2D eigenvalue weighted by Gasteiger charge is 2.30. The molecular formula is C18H21N3O3S2. The fraction of sp³-hybridized carbons (Fsp3) is 0.444. The molecule has 8 heteroatoms. The van der Waals surface area contributed by atoms with Crippen LogP contribution < -0.4 is 9.79 Å². The number of hydrogen-bond acceptors (Lipinski definition) is 6. The first-order chi connectivity index (χ1) is 12.5. The molecule has 1 saturated heterocycles. The molecule has 2 heterocycles. The van der Waals surface area contributed by atoms with Crippen LogP contribution >= 0.6 is 24.0 Å². The molecule has 2 atom stereocenters. The highest BCUT2D eigenvalue weighted by Crippen LogP contribution is 2.27. The third-order valence-electron chi connectivity index (χ3n) is 4.61. The van der Waals surface area contributed by atoms with Gasteiger partial charge < -0.3 is 14.5 Å². The van der Waals surface area contributed by atoms with E-state index in [0.717, 1.165) is 12.8 Å². The van der Waals surface area contributed by atoms with Crippen LogP contribution in [0.1, 0.15) is 43.6 Å². The number of para-hydroxylation sites is 1. The first kappa shape index (κ1) is 18.8. The minimum atomic E-state index is -0.731. The van der Waals surface area contributed by atoms with Gasteiger partial charge in [0, 0.05) is 24.2 Å². The molecule has 0 amide bonds. The van der Waals surface area contributed by atoms with E-state index < -0.39 is 5.95 Å². The van der Waals surface area contributed by atoms with Gasteiger partial charge in [-0.2, -0.15) is 0 Å². The average Bonchev–Trinajstić information content (AvgIpc) is 3.02. The standard InChI is InChI=1S/C18H21N3O3S2/c1-12-7-6-8-13(2)20(12)18(25)26-11-15(22)16-17(23)24-19-21(16)14-9-4-3-5-10-14/h3-5,9-10,12-13H,6-8,11H2,1-2H3. The van der Waals surface area contributed by atoms with Crippen LogP contribution in [0.15, 0.2) is 34.9 Å². The van der Waals surface area contributed by atoms with Gasteiger partial charge in [-0.05, 0) is 37.8 Å². The zero-order valence-electron chi connectivity index (χ0n) is 14.8. The summed E-state index contributed by atoms with van der Waals surface area (Å²) in [6.07, 6.45) is 3.40. The fourth-order valence-electron chi connectivity index (χ4n) is 3.28. The van der Waals surface area contributed by atoms with Gasteiger partial charge in [-0.3, -0.25) is 4.79 Å². The number of carbonyl (C=O) groups excluding carboxylic acids is 1. The lowest BCUT2D eigenvalue weighted by molar-refractivity contribution is -0.672. The second-order valence-electron chi connectivity index (χ2n) is 6.47. The van der Waals surface area contributed by atoms with Crippen molar-refractivity contribution in [1.82, 2.24) is 10.2 Å². The Kier molecular flexibility index (Phi) is 5.93. The maximum atomic E-state index is 12.7. The number of aromatic nitrogens is 2. The predicted octanol–water partition coefficient (Wildman–Crippen LogP) is 2.49. The number of rotatable bonds is 4. The van der Waals surface area contributed by atoms with Crippen molar-refractivity contribution >= 4 is 34.1 Å². The van der Waals surface area contributed by atoms with E-state index in [-0.39, 0.29) is 17.2 Å². The van der Waals surface area contributed by atoms with Gasteiger partial charge in [0.15, 0.2) is 5.95 Å². The van der Waals surface area contributed by atoms with E-state index in [2.05, 4.69) is 24.0 Å². The Morgan fingerprint density at radius 1 is 1.35 bits per heavy atom. The summed E-state index contributed by atoms with van der Waals surface area (Å²) in [7, 11) is 0. The summed E-state index contributed by atoms with van der Waals surface area (Å²) in [4.78, 5) is 14.9. The van der Waals surface area contributed by atoms with E-state index in [1.807, 2.05) is 6.07 Å². The van der Waals surface area contributed by atoms with Gasteiger partial charge in [0.25, 0.3) is 0 Å². The SMILES string of the molecule is CC1CCCC(C)N1C(=S)SCC(=O)c1c([O-])on[n+]1-c1ccccc1. The first-order valence-electron chi connectivity index (χ1n) is 8.61. The van der Waals surface area contributed by atoms with E-state index in [9.17, 15) is 9.90 Å². The molecule has 1 aliphatic rings. The van der Waals surface area contributed by atoms with E-state index in [1.54, 1.807) is 24.3 Å². The Bertz CT molecular complexity index is 784. The Morgan fingerprint density at radius 2 is 2.00 bits per heavy atom. The van der Waals surface area contributed by atoms with Crippen LogP contribution in [0.2, 0.25) is 0 Å². The molecule has 6 nitrogen and oxygen atoms in total. The number of likely N-dealkylation sites (tertiary alicyclic amines) is 1. The Morgan fingerprint density at radius 3 is 2.65 bits per heavy atom. The van der Waals surface area contributed by atoms with Crippen molar-refractivity contribution in [1.29, 1.82) is 0 Å². The van der Waals surface area contributed by atoms with Gasteiger partial charge in [0.05, 0.1) is 11.0 Å². The maximum Gasteiger partial charge on any atom is 0.307 e. The van der Waals surface area contributed by atoms with Crippen molar-refractivity contribution in [3.63, 3.8) is 0 Å². The lowest BCUT2D eigenvalue weighted by atomic mass is 9.99. The fourth-order valence-corrected chi connectivity index (χ4v) is 4.71. The van der Waals surface area contributed by atoms with E-state index in [4.69, 9.17) is 16.7 Å². The molecule has 2 aromatic rings. The molecule has 0 spiro atoms. The number of thioether (sulfide) groups is 1. The Balaban J connectivity index is 1.71. The van der Waals surface area contributed by atoms with Crippen molar-refractivity contribution < 1.29 is 19.1 Å². The van der Waals surface area contributed by atoms with Crippen molar-refractivity contribution in [3.8, 4) is 11.6 Å². The number of nitrogens with zero attached hydrogens (tertiary/aromatic N) is 3. The van der Waals surface area contributed by atoms with Crippen molar-refractivity contribution in [2.45, 2.75) is 45.2 Å². The second kappa shape index (κ2) is 8.18. The lowest BCUT2D eigenvalue weighted by Gasteiger charge is -2.40. The van der Waals surface area contributed by atoms with Gasteiger partial charge in [-0.15, -0.1) is 0 Å². The van der Waals surface area contributed by atoms with E-state index in [1.165, 1.54) is 22.9 Å². The number of thiocarbonyl (C=S) groups is 1. The summed E-state index contributed by atoms with van der Waals surface area (Å²) < 4.78 is 6.66. The third kappa shape index (κ3) is 3.91. The largest absolute Gasteiger partial charge is 0.539 e. The number of piperidine rings is 1. The number of benzene rings is 1. The summed E-state index contributed by atoms with van der Waals surface area (Å²) in [6, 6.07) is 9.71. The lowest BCUT2D eigenvalue weighted by Crippen LogP contribution is -2.46. The van der Waals surface area contributed by atoms with Crippen LogP contribution in [0.4, 0.5) is 0 Å². The molecule has 138 valence electrons. The molecule has 0 saturated carbocycles. The van der Waals surface area contributed by atoms with E-state index >= 15 is 0 Å². The highest BCUT2D eigenvalue weighted by atomic mass is 32.2. The molecule has 1 aromatic carbocycles. The van der Waals surface area contributed by atoms with Crippen molar-refractivity contribution in [3.05, 3.63) is 36.0 Å². The summed E-state index contributed by atoms with van der Waals surface area (Å²) in [5.74, 6) is -0.993. The first-order valence-corrected chi connectivity index (χ1v) is 10.0. The molecular weight excluding hydrogens is 370 g/mol. The molecule has 1 aromatic heterocycles. The molecule has 1 fully saturated rings. The zero-order chi connectivity index (χ0) is 18.7. The Hall–Kier alpha value is -1.93. The third-order valence-corrected chi connectivity index (χ3v) is 6.04. The average molecular weight is 392 g/mol. The molecule has 0 N–H and O–H groups in total. The molecule has 26 heavy (non-hydrogen) atoms. The Labute approximate surface area is 162 Å². The number of Topliss-reactive ketones (excluding diaryl/α,β-unsaturated/α-hetero) is 1. The summed E-state index contributed by atoms with van der Waals surface area (Å²) in [5, 5.41) is 15.7. The van der Waals surface area contributed by atoms with E-state index in [0.29, 0.717) is 22.1 Å². The van der Waals surface area contributed by atoms with Crippen molar-refractivity contribution in [2.24, 2.45) is 0 Å². The van der Waals surface area contributed by atoms with Crippen LogP contribution in [0, 0.1) is 0 Å². The van der Waals surface area contributed by atoms with Gasteiger partial charge in [0.1, 0.15) is 4.32 Å². The highest BCUT2D eigenvalue weighted by molar-refractivity contribution is 8.23. The van der Waals surface area contributed by atoms with Crippen LogP contribution in [0.25, 0.3) is 5.69 Å². The monoisotopic (exact) mass is 391 g/mol. The normalized spacial score (nSPS) is 20.2. The molecule has 3 rings (SSSR count). The zero-order valence-corrected chi connectivity index (χ0v) is 16.4. The summed E-state index contributed by atoms with van der Waals surface area (Å²) in [6.45, 7) is 4.31. The van der Waals surface area contributed by atoms with Crippen LogP contribution in [-0.4, -0.2) is 38.1 Å². The molecule has 2 unspecified atom stereocenters. The van der Waals surface area contributed by atoms with Gasteiger partial charge in [0.2, 0.25) is 11.5 Å². The second-order valence-corrected chi connectivity index (χ2v) is 8.08. The van der Waals surface area contributed by atoms with Crippen molar-refractivity contribution in [2.75, 3.05) is 5.75 Å². The summed E-state index contributed by atoms with van der Waals surface area (Å²) in [5.41, 5.74) is 0.527. The van der Waals surface area contributed by atoms with Gasteiger partial charge in [-0.1, -0.05) is 42.2 Å².